The molecule has 2 aromatic rings. The first-order chi connectivity index (χ1) is 9.71. The van der Waals surface area contributed by atoms with Crippen LogP contribution in [0.15, 0.2) is 34.9 Å². The third-order valence-corrected chi connectivity index (χ3v) is 3.90. The second kappa shape index (κ2) is 6.76. The van der Waals surface area contributed by atoms with Gasteiger partial charge in [-0.15, -0.1) is 0 Å². The van der Waals surface area contributed by atoms with Crippen LogP contribution < -0.4 is 5.32 Å². The van der Waals surface area contributed by atoms with Crippen molar-refractivity contribution in [2.45, 2.75) is 46.6 Å². The SMILES string of the molecule is CCNC(c1ccc(CC)c(CC)c1)c1occc1C. The molecule has 0 fully saturated rings. The average Bonchev–Trinajstić information content (AvgIpc) is 2.90. The highest BCUT2D eigenvalue weighted by atomic mass is 16.3. The summed E-state index contributed by atoms with van der Waals surface area (Å²) in [4.78, 5) is 0. The zero-order chi connectivity index (χ0) is 14.5. The van der Waals surface area contributed by atoms with E-state index in [1.54, 1.807) is 6.26 Å². The molecule has 2 rings (SSSR count). The van der Waals surface area contributed by atoms with E-state index < -0.39 is 0 Å². The second-order valence-electron chi connectivity index (χ2n) is 5.19. The molecule has 0 radical (unpaired) electrons. The van der Waals surface area contributed by atoms with Gasteiger partial charge in [0.2, 0.25) is 0 Å². The Morgan fingerprint density at radius 1 is 1.05 bits per heavy atom. The smallest absolute Gasteiger partial charge is 0.128 e. The predicted molar refractivity (Wildman–Crippen MR) is 84.2 cm³/mol. The molecule has 0 spiro atoms. The summed E-state index contributed by atoms with van der Waals surface area (Å²) in [5, 5.41) is 3.54. The minimum absolute atomic E-state index is 0.145. The highest BCUT2D eigenvalue weighted by Gasteiger charge is 2.19. The molecule has 1 N–H and O–H groups in total. The van der Waals surface area contributed by atoms with E-state index in [0.717, 1.165) is 25.1 Å². The first kappa shape index (κ1) is 14.9. The molecule has 0 aliphatic heterocycles. The molecular weight excluding hydrogens is 246 g/mol. The van der Waals surface area contributed by atoms with Gasteiger partial charge >= 0.3 is 0 Å². The molecule has 108 valence electrons. The topological polar surface area (TPSA) is 25.2 Å². The zero-order valence-electron chi connectivity index (χ0n) is 13.0. The molecule has 1 aromatic carbocycles. The van der Waals surface area contributed by atoms with Crippen LogP contribution in [0.3, 0.4) is 0 Å². The maximum atomic E-state index is 5.70. The first-order valence-corrected chi connectivity index (χ1v) is 7.60. The van der Waals surface area contributed by atoms with Gasteiger partial charge < -0.3 is 9.73 Å². The summed E-state index contributed by atoms with van der Waals surface area (Å²) < 4.78 is 5.70. The Bertz CT molecular complexity index is 556. The van der Waals surface area contributed by atoms with Gasteiger partial charge in [0.1, 0.15) is 5.76 Å². The zero-order valence-corrected chi connectivity index (χ0v) is 13.0. The lowest BCUT2D eigenvalue weighted by Crippen LogP contribution is -2.22. The summed E-state index contributed by atoms with van der Waals surface area (Å²) in [5.74, 6) is 1.03. The monoisotopic (exact) mass is 271 g/mol. The van der Waals surface area contributed by atoms with Gasteiger partial charge in [0.15, 0.2) is 0 Å². The Morgan fingerprint density at radius 2 is 1.80 bits per heavy atom. The Morgan fingerprint density at radius 3 is 2.35 bits per heavy atom. The van der Waals surface area contributed by atoms with Crippen molar-refractivity contribution in [1.82, 2.24) is 5.32 Å². The van der Waals surface area contributed by atoms with Crippen LogP contribution in [-0.2, 0) is 12.8 Å². The number of aryl methyl sites for hydroxylation is 3. The molecule has 0 aliphatic carbocycles. The molecule has 1 aromatic heterocycles. The molecule has 1 unspecified atom stereocenters. The van der Waals surface area contributed by atoms with E-state index in [1.165, 1.54) is 22.3 Å². The van der Waals surface area contributed by atoms with Crippen molar-refractivity contribution in [1.29, 1.82) is 0 Å². The molecule has 1 heterocycles. The molecule has 0 saturated heterocycles. The van der Waals surface area contributed by atoms with Crippen molar-refractivity contribution in [3.8, 4) is 0 Å². The quantitative estimate of drug-likeness (QED) is 0.841. The number of benzene rings is 1. The summed E-state index contributed by atoms with van der Waals surface area (Å²) >= 11 is 0. The molecule has 1 atom stereocenters. The van der Waals surface area contributed by atoms with E-state index >= 15 is 0 Å². The van der Waals surface area contributed by atoms with Crippen molar-refractivity contribution < 1.29 is 4.42 Å². The Labute approximate surface area is 122 Å². The second-order valence-corrected chi connectivity index (χ2v) is 5.19. The van der Waals surface area contributed by atoms with Gasteiger partial charge in [-0.1, -0.05) is 39.0 Å². The normalized spacial score (nSPS) is 12.6. The fraction of sp³-hybridized carbons (Fsp3) is 0.444. The van der Waals surface area contributed by atoms with Crippen molar-refractivity contribution in [2.24, 2.45) is 0 Å². The van der Waals surface area contributed by atoms with E-state index in [4.69, 9.17) is 4.42 Å². The molecule has 0 bridgehead atoms. The molecular formula is C18H25NO. The fourth-order valence-electron chi connectivity index (χ4n) is 2.75. The van der Waals surface area contributed by atoms with Gasteiger partial charge in [-0.25, -0.2) is 0 Å². The number of rotatable bonds is 6. The van der Waals surface area contributed by atoms with Crippen LogP contribution in [0.25, 0.3) is 0 Å². The standard InChI is InChI=1S/C18H25NO/c1-5-14-8-9-16(12-15(14)6-2)17(19-7-3)18-13(4)10-11-20-18/h8-12,17,19H,5-7H2,1-4H3. The lowest BCUT2D eigenvalue weighted by Gasteiger charge is -2.19. The Kier molecular flexibility index (Phi) is 5.02. The Hall–Kier alpha value is -1.54. The maximum Gasteiger partial charge on any atom is 0.128 e. The number of nitrogens with one attached hydrogen (secondary N) is 1. The van der Waals surface area contributed by atoms with Crippen LogP contribution in [-0.4, -0.2) is 6.54 Å². The van der Waals surface area contributed by atoms with E-state index in [-0.39, 0.29) is 6.04 Å². The molecule has 2 heteroatoms. The highest BCUT2D eigenvalue weighted by molar-refractivity contribution is 5.37. The summed E-state index contributed by atoms with van der Waals surface area (Å²) in [6.07, 6.45) is 3.94. The predicted octanol–water partition coefficient (Wildman–Crippen LogP) is 4.41. The molecule has 0 saturated carbocycles. The van der Waals surface area contributed by atoms with Crippen LogP contribution in [0.2, 0.25) is 0 Å². The van der Waals surface area contributed by atoms with Crippen molar-refractivity contribution >= 4 is 0 Å². The van der Waals surface area contributed by atoms with E-state index in [0.29, 0.717) is 0 Å². The lowest BCUT2D eigenvalue weighted by molar-refractivity contribution is 0.449. The van der Waals surface area contributed by atoms with Gasteiger partial charge in [-0.2, -0.15) is 0 Å². The van der Waals surface area contributed by atoms with Gasteiger partial charge in [-0.3, -0.25) is 0 Å². The Balaban J connectivity index is 2.42. The summed E-state index contributed by atoms with van der Waals surface area (Å²) in [7, 11) is 0. The van der Waals surface area contributed by atoms with Crippen LogP contribution in [0, 0.1) is 6.92 Å². The van der Waals surface area contributed by atoms with Crippen LogP contribution in [0.4, 0.5) is 0 Å². The van der Waals surface area contributed by atoms with E-state index in [2.05, 4.69) is 51.2 Å². The van der Waals surface area contributed by atoms with Crippen LogP contribution >= 0.6 is 0 Å². The number of hydrogen-bond donors (Lipinski definition) is 1. The number of furan rings is 1. The van der Waals surface area contributed by atoms with Crippen molar-refractivity contribution in [3.63, 3.8) is 0 Å². The lowest BCUT2D eigenvalue weighted by atomic mass is 9.95. The minimum Gasteiger partial charge on any atom is -0.467 e. The van der Waals surface area contributed by atoms with Crippen molar-refractivity contribution in [2.75, 3.05) is 6.54 Å². The average molecular weight is 271 g/mol. The summed E-state index contributed by atoms with van der Waals surface area (Å²) in [6.45, 7) is 9.59. The van der Waals surface area contributed by atoms with Crippen LogP contribution in [0.5, 0.6) is 0 Å². The van der Waals surface area contributed by atoms with Crippen molar-refractivity contribution in [3.05, 3.63) is 58.5 Å². The molecule has 0 aliphatic rings. The van der Waals surface area contributed by atoms with Gasteiger partial charge in [-0.05, 0) is 54.6 Å². The summed E-state index contributed by atoms with van der Waals surface area (Å²) in [5.41, 5.74) is 5.38. The fourth-order valence-corrected chi connectivity index (χ4v) is 2.75. The molecule has 2 nitrogen and oxygen atoms in total. The molecule has 0 amide bonds. The van der Waals surface area contributed by atoms with E-state index in [1.807, 2.05) is 6.07 Å². The third-order valence-electron chi connectivity index (χ3n) is 3.90. The van der Waals surface area contributed by atoms with Gasteiger partial charge in [0, 0.05) is 0 Å². The maximum absolute atomic E-state index is 5.70. The third kappa shape index (κ3) is 2.96. The minimum atomic E-state index is 0.145. The summed E-state index contributed by atoms with van der Waals surface area (Å²) in [6, 6.07) is 8.99. The van der Waals surface area contributed by atoms with Gasteiger partial charge in [0.05, 0.1) is 12.3 Å². The van der Waals surface area contributed by atoms with Gasteiger partial charge in [0.25, 0.3) is 0 Å². The largest absolute Gasteiger partial charge is 0.467 e. The van der Waals surface area contributed by atoms with Crippen LogP contribution in [0.1, 0.15) is 54.8 Å². The first-order valence-electron chi connectivity index (χ1n) is 7.60. The highest BCUT2D eigenvalue weighted by Crippen LogP contribution is 2.27. The molecule has 20 heavy (non-hydrogen) atoms. The van der Waals surface area contributed by atoms with E-state index in [9.17, 15) is 0 Å². The number of hydrogen-bond acceptors (Lipinski definition) is 2.